The number of piperidine rings is 1. The molecule has 2 rings (SSSR count). The Bertz CT molecular complexity index is 546. The van der Waals surface area contributed by atoms with Gasteiger partial charge in [-0.1, -0.05) is 0 Å². The standard InChI is InChI=1S/C15H18FNO4/c16-11-4-5-13(18)12(8-11)15(21)17-7-1-2-10(9-17)3-6-14(19)20/h4-5,8,10,18H,1-3,6-7,9H2,(H,19,20). The molecule has 1 aliphatic rings. The number of benzene rings is 1. The van der Waals surface area contributed by atoms with Crippen molar-refractivity contribution in [2.24, 2.45) is 5.92 Å². The smallest absolute Gasteiger partial charge is 0.303 e. The van der Waals surface area contributed by atoms with Crippen molar-refractivity contribution in [3.63, 3.8) is 0 Å². The molecule has 1 fully saturated rings. The number of carboxylic acid groups (broad SMARTS) is 1. The summed E-state index contributed by atoms with van der Waals surface area (Å²) in [5, 5.41) is 18.4. The molecule has 1 heterocycles. The van der Waals surface area contributed by atoms with Crippen molar-refractivity contribution in [3.8, 4) is 5.75 Å². The highest BCUT2D eigenvalue weighted by Gasteiger charge is 2.26. The molecule has 0 radical (unpaired) electrons. The molecule has 0 spiro atoms. The summed E-state index contributed by atoms with van der Waals surface area (Å²) in [6.45, 7) is 0.987. The Labute approximate surface area is 122 Å². The first-order valence-electron chi connectivity index (χ1n) is 6.97. The van der Waals surface area contributed by atoms with Gasteiger partial charge < -0.3 is 15.1 Å². The Kier molecular flexibility index (Phi) is 4.77. The lowest BCUT2D eigenvalue weighted by atomic mass is 9.93. The molecule has 0 saturated carbocycles. The summed E-state index contributed by atoms with van der Waals surface area (Å²) in [6, 6.07) is 3.28. The van der Waals surface area contributed by atoms with Gasteiger partial charge in [0.2, 0.25) is 0 Å². The summed E-state index contributed by atoms with van der Waals surface area (Å²) in [4.78, 5) is 24.5. The molecule has 0 aliphatic carbocycles. The molecule has 0 aromatic heterocycles. The number of halogens is 1. The van der Waals surface area contributed by atoms with Crippen LogP contribution < -0.4 is 0 Å². The van der Waals surface area contributed by atoms with Crippen molar-refractivity contribution in [3.05, 3.63) is 29.6 Å². The van der Waals surface area contributed by atoms with E-state index in [9.17, 15) is 19.1 Å². The van der Waals surface area contributed by atoms with E-state index in [1.165, 1.54) is 0 Å². The van der Waals surface area contributed by atoms with Crippen LogP contribution >= 0.6 is 0 Å². The van der Waals surface area contributed by atoms with E-state index < -0.39 is 17.7 Å². The van der Waals surface area contributed by atoms with Gasteiger partial charge in [-0.15, -0.1) is 0 Å². The van der Waals surface area contributed by atoms with E-state index >= 15 is 0 Å². The number of rotatable bonds is 4. The second kappa shape index (κ2) is 6.56. The highest BCUT2D eigenvalue weighted by molar-refractivity contribution is 5.96. The van der Waals surface area contributed by atoms with Gasteiger partial charge in [0.1, 0.15) is 11.6 Å². The number of hydrogen-bond donors (Lipinski definition) is 2. The third-order valence-corrected chi connectivity index (χ3v) is 3.76. The van der Waals surface area contributed by atoms with Crippen molar-refractivity contribution in [2.45, 2.75) is 25.7 Å². The molecule has 2 N–H and O–H groups in total. The van der Waals surface area contributed by atoms with Crippen molar-refractivity contribution in [1.29, 1.82) is 0 Å². The van der Waals surface area contributed by atoms with Gasteiger partial charge in [-0.2, -0.15) is 0 Å². The molecule has 114 valence electrons. The maximum atomic E-state index is 13.2. The first-order valence-corrected chi connectivity index (χ1v) is 6.97. The van der Waals surface area contributed by atoms with Gasteiger partial charge in [-0.25, -0.2) is 4.39 Å². The second-order valence-corrected chi connectivity index (χ2v) is 5.35. The molecule has 1 aliphatic heterocycles. The lowest BCUT2D eigenvalue weighted by molar-refractivity contribution is -0.137. The third kappa shape index (κ3) is 3.93. The maximum Gasteiger partial charge on any atom is 0.303 e. The van der Waals surface area contributed by atoms with Gasteiger partial charge in [0.15, 0.2) is 0 Å². The Hall–Kier alpha value is -2.11. The molecular weight excluding hydrogens is 277 g/mol. The topological polar surface area (TPSA) is 77.8 Å². The number of carboxylic acids is 1. The predicted molar refractivity (Wildman–Crippen MR) is 73.6 cm³/mol. The van der Waals surface area contributed by atoms with Gasteiger partial charge in [0, 0.05) is 19.5 Å². The van der Waals surface area contributed by atoms with Gasteiger partial charge >= 0.3 is 5.97 Å². The molecule has 0 bridgehead atoms. The first kappa shape index (κ1) is 15.3. The van der Waals surface area contributed by atoms with Crippen LogP contribution in [-0.2, 0) is 4.79 Å². The van der Waals surface area contributed by atoms with Crippen LogP contribution in [0.25, 0.3) is 0 Å². The fourth-order valence-corrected chi connectivity index (χ4v) is 2.66. The van der Waals surface area contributed by atoms with Crippen LogP contribution in [0.15, 0.2) is 18.2 Å². The number of carbonyl (C=O) groups excluding carboxylic acids is 1. The van der Waals surface area contributed by atoms with Crippen LogP contribution in [-0.4, -0.2) is 40.1 Å². The number of phenols is 1. The summed E-state index contributed by atoms with van der Waals surface area (Å²) in [5.41, 5.74) is -0.0473. The third-order valence-electron chi connectivity index (χ3n) is 3.76. The van der Waals surface area contributed by atoms with Crippen LogP contribution in [0.2, 0.25) is 0 Å². The van der Waals surface area contributed by atoms with Gasteiger partial charge in [0.25, 0.3) is 5.91 Å². The van der Waals surface area contributed by atoms with E-state index in [-0.39, 0.29) is 23.7 Å². The molecule has 1 aromatic carbocycles. The monoisotopic (exact) mass is 295 g/mol. The Morgan fingerprint density at radius 1 is 1.38 bits per heavy atom. The summed E-state index contributed by atoms with van der Waals surface area (Å²) in [7, 11) is 0. The van der Waals surface area contributed by atoms with Crippen LogP contribution in [0.4, 0.5) is 4.39 Å². The fraction of sp³-hybridized carbons (Fsp3) is 0.467. The minimum Gasteiger partial charge on any atom is -0.507 e. The largest absolute Gasteiger partial charge is 0.507 e. The molecule has 1 atom stereocenters. The first-order chi connectivity index (χ1) is 9.97. The highest BCUT2D eigenvalue weighted by atomic mass is 19.1. The van der Waals surface area contributed by atoms with Gasteiger partial charge in [-0.05, 0) is 43.4 Å². The second-order valence-electron chi connectivity index (χ2n) is 5.35. The van der Waals surface area contributed by atoms with E-state index in [2.05, 4.69) is 0 Å². The predicted octanol–water partition coefficient (Wildman–Crippen LogP) is 2.25. The number of nitrogens with zero attached hydrogens (tertiary/aromatic N) is 1. The van der Waals surface area contributed by atoms with Crippen molar-refractivity contribution in [1.82, 2.24) is 4.90 Å². The zero-order valence-corrected chi connectivity index (χ0v) is 11.6. The summed E-state index contributed by atoms with van der Waals surface area (Å²) in [5.74, 6) is -1.94. The quantitative estimate of drug-likeness (QED) is 0.893. The van der Waals surface area contributed by atoms with Gasteiger partial charge in [-0.3, -0.25) is 9.59 Å². The molecular formula is C15H18FNO4. The molecule has 1 amide bonds. The summed E-state index contributed by atoms with van der Waals surface area (Å²) in [6.07, 6.45) is 2.27. The highest BCUT2D eigenvalue weighted by Crippen LogP contribution is 2.25. The number of carbonyl (C=O) groups is 2. The normalized spacial score (nSPS) is 18.5. The van der Waals surface area contributed by atoms with Crippen molar-refractivity contribution < 1.29 is 24.2 Å². The molecule has 1 aromatic rings. The van der Waals surface area contributed by atoms with Crippen molar-refractivity contribution >= 4 is 11.9 Å². The fourth-order valence-electron chi connectivity index (χ4n) is 2.66. The zero-order chi connectivity index (χ0) is 15.4. The van der Waals surface area contributed by atoms with E-state index in [1.807, 2.05) is 0 Å². The average molecular weight is 295 g/mol. The SMILES string of the molecule is O=C(O)CCC1CCCN(C(=O)c2cc(F)ccc2O)C1. The Morgan fingerprint density at radius 2 is 2.14 bits per heavy atom. The number of likely N-dealkylation sites (tertiary alicyclic amines) is 1. The Balaban J connectivity index is 2.05. The zero-order valence-electron chi connectivity index (χ0n) is 11.6. The summed E-state index contributed by atoms with van der Waals surface area (Å²) < 4.78 is 13.2. The molecule has 6 heteroatoms. The minimum absolute atomic E-state index is 0.0473. The number of phenolic OH excluding ortho intramolecular Hbond substituents is 1. The molecule has 1 saturated heterocycles. The van der Waals surface area contributed by atoms with E-state index in [0.717, 1.165) is 31.0 Å². The van der Waals surface area contributed by atoms with E-state index in [0.29, 0.717) is 19.5 Å². The Morgan fingerprint density at radius 3 is 2.86 bits per heavy atom. The molecule has 21 heavy (non-hydrogen) atoms. The minimum atomic E-state index is -0.846. The maximum absolute atomic E-state index is 13.2. The van der Waals surface area contributed by atoms with E-state index in [4.69, 9.17) is 5.11 Å². The lowest BCUT2D eigenvalue weighted by Gasteiger charge is -2.32. The molecule has 5 nitrogen and oxygen atoms in total. The lowest BCUT2D eigenvalue weighted by Crippen LogP contribution is -2.40. The van der Waals surface area contributed by atoms with Crippen LogP contribution in [0.5, 0.6) is 5.75 Å². The summed E-state index contributed by atoms with van der Waals surface area (Å²) >= 11 is 0. The number of aliphatic carboxylic acids is 1. The van der Waals surface area contributed by atoms with E-state index in [1.54, 1.807) is 4.90 Å². The number of hydrogen-bond acceptors (Lipinski definition) is 3. The molecule has 1 unspecified atom stereocenters. The van der Waals surface area contributed by atoms with Crippen LogP contribution in [0.1, 0.15) is 36.0 Å². The number of aromatic hydroxyl groups is 1. The average Bonchev–Trinajstić information content (AvgIpc) is 2.47. The van der Waals surface area contributed by atoms with Crippen LogP contribution in [0, 0.1) is 11.7 Å². The number of amides is 1. The van der Waals surface area contributed by atoms with Crippen molar-refractivity contribution in [2.75, 3.05) is 13.1 Å². The van der Waals surface area contributed by atoms with Gasteiger partial charge in [0.05, 0.1) is 5.56 Å². The van der Waals surface area contributed by atoms with Crippen LogP contribution in [0.3, 0.4) is 0 Å².